The molecule has 19 heavy (non-hydrogen) atoms. The second kappa shape index (κ2) is 8.20. The van der Waals surface area contributed by atoms with E-state index < -0.39 is 0 Å². The van der Waals surface area contributed by atoms with Crippen LogP contribution in [0.25, 0.3) is 0 Å². The first-order valence-corrected chi connectivity index (χ1v) is 8.06. The van der Waals surface area contributed by atoms with Gasteiger partial charge < -0.3 is 19.6 Å². The molecule has 0 saturated carbocycles. The van der Waals surface area contributed by atoms with Crippen LogP contribution in [0.15, 0.2) is 0 Å². The Labute approximate surface area is 119 Å². The predicted octanol–water partition coefficient (Wildman–Crippen LogP) is 0.652. The number of hydrogen-bond donors (Lipinski definition) is 0. The molecule has 2 heterocycles. The van der Waals surface area contributed by atoms with Gasteiger partial charge in [-0.15, -0.1) is 0 Å². The molecule has 0 aromatic carbocycles. The lowest BCUT2D eigenvalue weighted by Gasteiger charge is -2.33. The molecular weight excluding hydrogens is 236 g/mol. The minimum atomic E-state index is 1.25. The average Bonchev–Trinajstić information content (AvgIpc) is 2.43. The number of piperazine rings is 2. The van der Waals surface area contributed by atoms with E-state index in [0.717, 1.165) is 0 Å². The van der Waals surface area contributed by atoms with Gasteiger partial charge in [-0.25, -0.2) is 0 Å². The van der Waals surface area contributed by atoms with Crippen molar-refractivity contribution in [2.75, 3.05) is 79.5 Å². The summed E-state index contributed by atoms with van der Waals surface area (Å²) in [5.74, 6) is 0. The van der Waals surface area contributed by atoms with Gasteiger partial charge in [-0.2, -0.15) is 0 Å². The number of likely N-dealkylation sites (N-methyl/N-ethyl adjacent to an activating group) is 2. The van der Waals surface area contributed by atoms with Crippen LogP contribution in [0, 0.1) is 0 Å². The van der Waals surface area contributed by atoms with E-state index in [-0.39, 0.29) is 0 Å². The van der Waals surface area contributed by atoms with Crippen molar-refractivity contribution in [3.63, 3.8) is 0 Å². The van der Waals surface area contributed by atoms with Gasteiger partial charge >= 0.3 is 0 Å². The third-order valence-corrected chi connectivity index (χ3v) is 4.64. The van der Waals surface area contributed by atoms with E-state index in [1.54, 1.807) is 0 Å². The van der Waals surface area contributed by atoms with E-state index in [1.807, 2.05) is 0 Å². The zero-order valence-corrected chi connectivity index (χ0v) is 13.0. The Kier molecular flexibility index (Phi) is 6.57. The molecule has 0 amide bonds. The lowest BCUT2D eigenvalue weighted by atomic mass is 10.2. The van der Waals surface area contributed by atoms with E-state index in [0.29, 0.717) is 0 Å². The molecule has 112 valence electrons. The summed E-state index contributed by atoms with van der Waals surface area (Å²) in [7, 11) is 4.46. The highest BCUT2D eigenvalue weighted by molar-refractivity contribution is 4.70. The predicted molar refractivity (Wildman–Crippen MR) is 81.7 cm³/mol. The second-order valence-corrected chi connectivity index (χ2v) is 6.35. The fraction of sp³-hybridized carbons (Fsp3) is 1.00. The van der Waals surface area contributed by atoms with E-state index in [9.17, 15) is 0 Å². The Morgan fingerprint density at radius 2 is 0.895 bits per heavy atom. The second-order valence-electron chi connectivity index (χ2n) is 6.35. The summed E-state index contributed by atoms with van der Waals surface area (Å²) in [4.78, 5) is 10.1. The van der Waals surface area contributed by atoms with E-state index >= 15 is 0 Å². The van der Waals surface area contributed by atoms with Gasteiger partial charge in [0.25, 0.3) is 0 Å². The minimum absolute atomic E-state index is 1.25. The maximum absolute atomic E-state index is 2.63. The number of unbranched alkanes of at least 4 members (excludes halogenated alkanes) is 2. The molecule has 4 nitrogen and oxygen atoms in total. The molecule has 0 aliphatic carbocycles. The van der Waals surface area contributed by atoms with Crippen LogP contribution in [0.3, 0.4) is 0 Å². The molecule has 2 rings (SSSR count). The highest BCUT2D eigenvalue weighted by Crippen LogP contribution is 2.06. The molecule has 4 heteroatoms. The molecule has 0 bridgehead atoms. The van der Waals surface area contributed by atoms with Crippen LogP contribution in [-0.2, 0) is 0 Å². The van der Waals surface area contributed by atoms with Gasteiger partial charge in [0.1, 0.15) is 0 Å². The minimum Gasteiger partial charge on any atom is -0.304 e. The van der Waals surface area contributed by atoms with Crippen LogP contribution in [-0.4, -0.2) is 99.1 Å². The van der Waals surface area contributed by atoms with Crippen molar-refractivity contribution in [2.45, 2.75) is 19.3 Å². The summed E-state index contributed by atoms with van der Waals surface area (Å²) in [5, 5.41) is 0. The van der Waals surface area contributed by atoms with Crippen LogP contribution in [0.5, 0.6) is 0 Å². The van der Waals surface area contributed by atoms with Crippen LogP contribution in [0.2, 0.25) is 0 Å². The topological polar surface area (TPSA) is 13.0 Å². The van der Waals surface area contributed by atoms with Crippen molar-refractivity contribution < 1.29 is 0 Å². The summed E-state index contributed by atoms with van der Waals surface area (Å²) < 4.78 is 0. The molecular formula is C15H32N4. The van der Waals surface area contributed by atoms with Crippen LogP contribution in [0.1, 0.15) is 19.3 Å². The van der Waals surface area contributed by atoms with Gasteiger partial charge in [0.2, 0.25) is 0 Å². The Morgan fingerprint density at radius 3 is 1.26 bits per heavy atom. The molecule has 0 aromatic rings. The fourth-order valence-electron chi connectivity index (χ4n) is 2.99. The Bertz CT molecular complexity index is 206. The Balaban J connectivity index is 1.44. The van der Waals surface area contributed by atoms with Crippen molar-refractivity contribution in [3.8, 4) is 0 Å². The molecule has 2 aliphatic heterocycles. The lowest BCUT2D eigenvalue weighted by molar-refractivity contribution is 0.144. The van der Waals surface area contributed by atoms with Crippen molar-refractivity contribution in [3.05, 3.63) is 0 Å². The molecule has 0 atom stereocenters. The number of rotatable bonds is 6. The molecule has 2 fully saturated rings. The summed E-state index contributed by atoms with van der Waals surface area (Å²) in [6.45, 7) is 12.7. The van der Waals surface area contributed by atoms with Crippen molar-refractivity contribution in [1.29, 1.82) is 0 Å². The number of hydrogen-bond acceptors (Lipinski definition) is 4. The lowest BCUT2D eigenvalue weighted by Crippen LogP contribution is -2.45. The quantitative estimate of drug-likeness (QED) is 0.656. The monoisotopic (exact) mass is 268 g/mol. The first-order valence-electron chi connectivity index (χ1n) is 8.06. The van der Waals surface area contributed by atoms with E-state index in [2.05, 4.69) is 33.7 Å². The van der Waals surface area contributed by atoms with Crippen LogP contribution in [0.4, 0.5) is 0 Å². The smallest absolute Gasteiger partial charge is 0.0110 e. The normalized spacial score (nSPS) is 24.9. The van der Waals surface area contributed by atoms with Gasteiger partial charge in [-0.1, -0.05) is 6.42 Å². The zero-order chi connectivity index (χ0) is 13.5. The molecule has 0 aromatic heterocycles. The zero-order valence-electron chi connectivity index (χ0n) is 13.0. The highest BCUT2D eigenvalue weighted by Gasteiger charge is 2.14. The third kappa shape index (κ3) is 5.78. The van der Waals surface area contributed by atoms with E-state index in [4.69, 9.17) is 0 Å². The van der Waals surface area contributed by atoms with Crippen molar-refractivity contribution >= 4 is 0 Å². The first kappa shape index (κ1) is 15.2. The Hall–Kier alpha value is -0.160. The third-order valence-electron chi connectivity index (χ3n) is 4.64. The first-order chi connectivity index (χ1) is 9.24. The fourth-order valence-corrected chi connectivity index (χ4v) is 2.99. The highest BCUT2D eigenvalue weighted by atomic mass is 15.2. The van der Waals surface area contributed by atoms with Crippen LogP contribution >= 0.6 is 0 Å². The standard InChI is InChI=1S/C15H32N4/c1-16-8-12-18(13-9-16)6-4-3-5-7-19-14-10-17(2)11-15-19/h3-15H2,1-2H3. The molecule has 0 radical (unpaired) electrons. The number of nitrogens with zero attached hydrogens (tertiary/aromatic N) is 4. The van der Waals surface area contributed by atoms with Gasteiger partial charge in [0.05, 0.1) is 0 Å². The summed E-state index contributed by atoms with van der Waals surface area (Å²) in [6.07, 6.45) is 4.17. The van der Waals surface area contributed by atoms with Gasteiger partial charge in [-0.05, 0) is 40.0 Å². The van der Waals surface area contributed by atoms with Crippen molar-refractivity contribution in [2.24, 2.45) is 0 Å². The molecule has 2 saturated heterocycles. The van der Waals surface area contributed by atoms with Gasteiger partial charge in [0, 0.05) is 52.4 Å². The summed E-state index contributed by atoms with van der Waals surface area (Å²) >= 11 is 0. The van der Waals surface area contributed by atoms with Crippen LogP contribution < -0.4 is 0 Å². The average molecular weight is 268 g/mol. The summed E-state index contributed by atoms with van der Waals surface area (Å²) in [5.41, 5.74) is 0. The molecule has 2 aliphatic rings. The SMILES string of the molecule is CN1CCN(CCCCCN2CCN(C)CC2)CC1. The van der Waals surface area contributed by atoms with Gasteiger partial charge in [0.15, 0.2) is 0 Å². The molecule has 0 unspecified atom stereocenters. The summed E-state index contributed by atoms with van der Waals surface area (Å²) in [6, 6.07) is 0. The van der Waals surface area contributed by atoms with Crippen molar-refractivity contribution in [1.82, 2.24) is 19.6 Å². The maximum Gasteiger partial charge on any atom is 0.0110 e. The largest absolute Gasteiger partial charge is 0.304 e. The van der Waals surface area contributed by atoms with E-state index in [1.165, 1.54) is 84.7 Å². The Morgan fingerprint density at radius 1 is 0.526 bits per heavy atom. The van der Waals surface area contributed by atoms with Gasteiger partial charge in [-0.3, -0.25) is 0 Å². The maximum atomic E-state index is 2.63. The molecule has 0 spiro atoms. The molecule has 0 N–H and O–H groups in total.